The zero-order valence-corrected chi connectivity index (χ0v) is 13.5. The molecule has 0 fully saturated rings. The Hall–Kier alpha value is -0.950. The summed E-state index contributed by atoms with van der Waals surface area (Å²) in [6.45, 7) is 4.59. The Balaban J connectivity index is 2.31. The Morgan fingerprint density at radius 2 is 2.25 bits per heavy atom. The molecule has 0 bridgehead atoms. The molecule has 1 heterocycles. The van der Waals surface area contributed by atoms with Crippen LogP contribution in [-0.2, 0) is 10.3 Å². The third kappa shape index (κ3) is 3.20. The Bertz CT molecular complexity index is 601. The van der Waals surface area contributed by atoms with E-state index in [1.165, 1.54) is 0 Å². The van der Waals surface area contributed by atoms with Crippen LogP contribution in [0, 0.1) is 0 Å². The predicted octanol–water partition coefficient (Wildman–Crippen LogP) is 3.36. The standard InChI is InChI=1S/C13H15BrClN3O2/c1-3-19-7-13(2,16)12-17-11(20-18-12)8-5-4-6-9(14)10(8)15/h4-6H,3,7,16H2,1-2H3. The average Bonchev–Trinajstić information content (AvgIpc) is 2.90. The highest BCUT2D eigenvalue weighted by molar-refractivity contribution is 9.10. The van der Waals surface area contributed by atoms with E-state index >= 15 is 0 Å². The maximum Gasteiger partial charge on any atom is 0.259 e. The van der Waals surface area contributed by atoms with Gasteiger partial charge in [0.1, 0.15) is 5.54 Å². The lowest BCUT2D eigenvalue weighted by atomic mass is 10.1. The van der Waals surface area contributed by atoms with Crippen molar-refractivity contribution in [3.05, 3.63) is 33.5 Å². The minimum atomic E-state index is -0.809. The van der Waals surface area contributed by atoms with E-state index in [0.29, 0.717) is 35.5 Å². The van der Waals surface area contributed by atoms with Crippen LogP contribution < -0.4 is 5.73 Å². The van der Waals surface area contributed by atoms with Gasteiger partial charge in [-0.15, -0.1) is 0 Å². The molecule has 1 aromatic heterocycles. The zero-order chi connectivity index (χ0) is 14.8. The van der Waals surface area contributed by atoms with E-state index in [2.05, 4.69) is 26.1 Å². The van der Waals surface area contributed by atoms with Gasteiger partial charge in [0, 0.05) is 11.1 Å². The number of hydrogen-bond acceptors (Lipinski definition) is 5. The van der Waals surface area contributed by atoms with E-state index in [4.69, 9.17) is 26.6 Å². The Labute approximate surface area is 130 Å². The number of aromatic nitrogens is 2. The largest absolute Gasteiger partial charge is 0.379 e. The van der Waals surface area contributed by atoms with Crippen LogP contribution in [0.25, 0.3) is 11.5 Å². The number of nitrogens with two attached hydrogens (primary N) is 1. The van der Waals surface area contributed by atoms with E-state index in [9.17, 15) is 0 Å². The van der Waals surface area contributed by atoms with Gasteiger partial charge in [-0.25, -0.2) is 0 Å². The van der Waals surface area contributed by atoms with Crippen LogP contribution in [0.3, 0.4) is 0 Å². The van der Waals surface area contributed by atoms with Gasteiger partial charge in [0.05, 0.1) is 17.2 Å². The van der Waals surface area contributed by atoms with E-state index in [1.54, 1.807) is 13.0 Å². The van der Waals surface area contributed by atoms with Crippen LogP contribution in [0.2, 0.25) is 5.02 Å². The van der Waals surface area contributed by atoms with Crippen molar-refractivity contribution in [2.45, 2.75) is 19.4 Å². The lowest BCUT2D eigenvalue weighted by Gasteiger charge is -2.19. The molecule has 0 aliphatic rings. The number of nitrogens with zero attached hydrogens (tertiary/aromatic N) is 2. The minimum Gasteiger partial charge on any atom is -0.379 e. The first-order valence-electron chi connectivity index (χ1n) is 6.11. The molecule has 0 aliphatic carbocycles. The molecule has 0 radical (unpaired) electrons. The predicted molar refractivity (Wildman–Crippen MR) is 80.5 cm³/mol. The smallest absolute Gasteiger partial charge is 0.259 e. The number of ether oxygens (including phenoxy) is 1. The zero-order valence-electron chi connectivity index (χ0n) is 11.2. The van der Waals surface area contributed by atoms with Crippen LogP contribution in [0.1, 0.15) is 19.7 Å². The molecule has 0 amide bonds. The fourth-order valence-electron chi connectivity index (χ4n) is 1.61. The first-order valence-corrected chi connectivity index (χ1v) is 7.28. The Morgan fingerprint density at radius 1 is 1.50 bits per heavy atom. The second-order valence-corrected chi connectivity index (χ2v) is 5.81. The monoisotopic (exact) mass is 359 g/mol. The van der Waals surface area contributed by atoms with Crippen LogP contribution >= 0.6 is 27.5 Å². The molecule has 0 aliphatic heterocycles. The molecule has 108 valence electrons. The van der Waals surface area contributed by atoms with Gasteiger partial charge < -0.3 is 15.0 Å². The highest BCUT2D eigenvalue weighted by atomic mass is 79.9. The molecule has 0 saturated carbocycles. The third-order valence-electron chi connectivity index (χ3n) is 2.72. The molecule has 2 N–H and O–H groups in total. The third-order valence-corrected chi connectivity index (χ3v) is 4.02. The lowest BCUT2D eigenvalue weighted by Crippen LogP contribution is -2.39. The van der Waals surface area contributed by atoms with Gasteiger partial charge in [0.25, 0.3) is 5.89 Å². The van der Waals surface area contributed by atoms with Crippen LogP contribution in [0.15, 0.2) is 27.2 Å². The van der Waals surface area contributed by atoms with Crippen molar-refractivity contribution in [2.24, 2.45) is 5.73 Å². The summed E-state index contributed by atoms with van der Waals surface area (Å²) >= 11 is 9.56. The van der Waals surface area contributed by atoms with E-state index < -0.39 is 5.54 Å². The molecule has 1 aromatic carbocycles. The van der Waals surface area contributed by atoms with Gasteiger partial charge >= 0.3 is 0 Å². The summed E-state index contributed by atoms with van der Waals surface area (Å²) in [5.74, 6) is 0.719. The van der Waals surface area contributed by atoms with Crippen molar-refractivity contribution in [3.63, 3.8) is 0 Å². The van der Waals surface area contributed by atoms with Crippen molar-refractivity contribution < 1.29 is 9.26 Å². The number of rotatable bonds is 5. The summed E-state index contributed by atoms with van der Waals surface area (Å²) in [5, 5.41) is 4.44. The normalized spacial score (nSPS) is 14.2. The maximum absolute atomic E-state index is 6.20. The molecule has 2 aromatic rings. The number of halogens is 2. The SMILES string of the molecule is CCOCC(C)(N)c1noc(-c2cccc(Br)c2Cl)n1. The van der Waals surface area contributed by atoms with E-state index in [0.717, 1.165) is 4.47 Å². The molecule has 2 rings (SSSR count). The Kier molecular flexibility index (Phi) is 4.80. The molecular weight excluding hydrogens is 346 g/mol. The molecule has 1 atom stereocenters. The number of hydrogen-bond donors (Lipinski definition) is 1. The van der Waals surface area contributed by atoms with Crippen molar-refractivity contribution in [3.8, 4) is 11.5 Å². The summed E-state index contributed by atoms with van der Waals surface area (Å²) in [4.78, 5) is 4.32. The van der Waals surface area contributed by atoms with Gasteiger partial charge in [-0.1, -0.05) is 22.8 Å². The maximum atomic E-state index is 6.20. The molecular formula is C13H15BrClN3O2. The molecule has 20 heavy (non-hydrogen) atoms. The minimum absolute atomic E-state index is 0.314. The molecule has 0 spiro atoms. The van der Waals surface area contributed by atoms with Crippen LogP contribution in [0.4, 0.5) is 0 Å². The lowest BCUT2D eigenvalue weighted by molar-refractivity contribution is 0.0962. The van der Waals surface area contributed by atoms with E-state index in [-0.39, 0.29) is 0 Å². The first-order chi connectivity index (χ1) is 9.45. The highest BCUT2D eigenvalue weighted by Crippen LogP contribution is 2.33. The summed E-state index contributed by atoms with van der Waals surface area (Å²) in [7, 11) is 0. The van der Waals surface area contributed by atoms with Gasteiger partial charge in [-0.3, -0.25) is 0 Å². The Morgan fingerprint density at radius 3 is 2.95 bits per heavy atom. The van der Waals surface area contributed by atoms with Gasteiger partial charge in [-0.2, -0.15) is 4.98 Å². The van der Waals surface area contributed by atoms with E-state index in [1.807, 2.05) is 19.1 Å². The summed E-state index contributed by atoms with van der Waals surface area (Å²) in [6, 6.07) is 5.49. The summed E-state index contributed by atoms with van der Waals surface area (Å²) in [6.07, 6.45) is 0. The molecule has 7 heteroatoms. The second kappa shape index (κ2) is 6.22. The highest BCUT2D eigenvalue weighted by Gasteiger charge is 2.28. The van der Waals surface area contributed by atoms with Crippen LogP contribution in [0.5, 0.6) is 0 Å². The topological polar surface area (TPSA) is 74.2 Å². The van der Waals surface area contributed by atoms with Gasteiger partial charge in [0.2, 0.25) is 0 Å². The van der Waals surface area contributed by atoms with Gasteiger partial charge in [0.15, 0.2) is 5.82 Å². The van der Waals surface area contributed by atoms with Crippen molar-refractivity contribution >= 4 is 27.5 Å². The second-order valence-electron chi connectivity index (χ2n) is 4.58. The summed E-state index contributed by atoms with van der Waals surface area (Å²) in [5.41, 5.74) is 5.98. The van der Waals surface area contributed by atoms with Crippen molar-refractivity contribution in [1.29, 1.82) is 0 Å². The average molecular weight is 361 g/mol. The summed E-state index contributed by atoms with van der Waals surface area (Å²) < 4.78 is 11.3. The van der Waals surface area contributed by atoms with Crippen molar-refractivity contribution in [2.75, 3.05) is 13.2 Å². The fraction of sp³-hybridized carbons (Fsp3) is 0.385. The van der Waals surface area contributed by atoms with Gasteiger partial charge in [-0.05, 0) is 41.9 Å². The number of benzene rings is 1. The first kappa shape index (κ1) is 15.4. The fourth-order valence-corrected chi connectivity index (χ4v) is 2.19. The molecule has 0 saturated heterocycles. The van der Waals surface area contributed by atoms with Crippen LogP contribution in [-0.4, -0.2) is 23.4 Å². The van der Waals surface area contributed by atoms with Crippen molar-refractivity contribution in [1.82, 2.24) is 10.1 Å². The molecule has 1 unspecified atom stereocenters. The quantitative estimate of drug-likeness (QED) is 0.885. The molecule has 5 nitrogen and oxygen atoms in total.